The highest BCUT2D eigenvalue weighted by Gasteiger charge is 2.16. The molecule has 5 nitrogen and oxygen atoms in total. The van der Waals surface area contributed by atoms with Crippen LogP contribution in [0.3, 0.4) is 0 Å². The number of nitrogens with zero attached hydrogens (tertiary/aromatic N) is 3. The monoisotopic (exact) mass is 369 g/mol. The highest BCUT2D eigenvalue weighted by molar-refractivity contribution is 6.30. The van der Waals surface area contributed by atoms with E-state index in [1.807, 2.05) is 54.7 Å². The summed E-state index contributed by atoms with van der Waals surface area (Å²) in [4.78, 5) is 14.5. The van der Waals surface area contributed by atoms with Crippen LogP contribution in [0.15, 0.2) is 67.0 Å². The lowest BCUT2D eigenvalue weighted by molar-refractivity contribution is 0.0784. The van der Waals surface area contributed by atoms with Gasteiger partial charge in [0.25, 0.3) is 5.91 Å². The maximum atomic E-state index is 12.8. The standard InChI is InChI=1S/C20H20ClN3O2/c1-23(13-14-24-12-4-11-22-24)20(25)18-5-2-3-6-19(18)26-15-16-7-9-17(21)10-8-16/h2-12H,13-15H2,1H3. The number of benzene rings is 2. The van der Waals surface area contributed by atoms with Crippen LogP contribution in [0, 0.1) is 0 Å². The Kier molecular flexibility index (Phi) is 5.92. The van der Waals surface area contributed by atoms with Crippen LogP contribution >= 0.6 is 11.6 Å². The normalized spacial score (nSPS) is 10.5. The summed E-state index contributed by atoms with van der Waals surface area (Å²) in [5.74, 6) is 0.488. The van der Waals surface area contributed by atoms with Crippen molar-refractivity contribution in [2.45, 2.75) is 13.2 Å². The molecule has 0 unspecified atom stereocenters. The molecule has 2 aromatic carbocycles. The maximum Gasteiger partial charge on any atom is 0.257 e. The van der Waals surface area contributed by atoms with Crippen molar-refractivity contribution in [2.24, 2.45) is 0 Å². The van der Waals surface area contributed by atoms with Crippen molar-refractivity contribution in [3.63, 3.8) is 0 Å². The van der Waals surface area contributed by atoms with E-state index >= 15 is 0 Å². The van der Waals surface area contributed by atoms with E-state index in [4.69, 9.17) is 16.3 Å². The number of ether oxygens (including phenoxy) is 1. The van der Waals surface area contributed by atoms with Crippen molar-refractivity contribution in [3.05, 3.63) is 83.1 Å². The van der Waals surface area contributed by atoms with Crippen LogP contribution in [0.2, 0.25) is 5.02 Å². The second-order valence-corrected chi connectivity index (χ2v) is 6.34. The summed E-state index contributed by atoms with van der Waals surface area (Å²) in [5, 5.41) is 4.84. The van der Waals surface area contributed by atoms with Gasteiger partial charge in [-0.3, -0.25) is 9.48 Å². The first-order valence-electron chi connectivity index (χ1n) is 8.32. The Morgan fingerprint density at radius 2 is 1.92 bits per heavy atom. The highest BCUT2D eigenvalue weighted by Crippen LogP contribution is 2.21. The average Bonchev–Trinajstić information content (AvgIpc) is 3.19. The number of aromatic nitrogens is 2. The lowest BCUT2D eigenvalue weighted by atomic mass is 10.1. The third-order valence-electron chi connectivity index (χ3n) is 4.00. The quantitative estimate of drug-likeness (QED) is 0.634. The first-order valence-corrected chi connectivity index (χ1v) is 8.70. The lowest BCUT2D eigenvalue weighted by Gasteiger charge is -2.19. The topological polar surface area (TPSA) is 47.4 Å². The summed E-state index contributed by atoms with van der Waals surface area (Å²) in [7, 11) is 1.78. The minimum atomic E-state index is -0.0798. The first kappa shape index (κ1) is 18.0. The second-order valence-electron chi connectivity index (χ2n) is 5.91. The van der Waals surface area contributed by atoms with Crippen LogP contribution in [0.4, 0.5) is 0 Å². The van der Waals surface area contributed by atoms with Crippen molar-refractivity contribution in [1.29, 1.82) is 0 Å². The molecule has 0 N–H and O–H groups in total. The number of hydrogen-bond acceptors (Lipinski definition) is 3. The summed E-state index contributed by atoms with van der Waals surface area (Å²) < 4.78 is 7.67. The summed E-state index contributed by atoms with van der Waals surface area (Å²) in [6, 6.07) is 16.6. The summed E-state index contributed by atoms with van der Waals surface area (Å²) >= 11 is 5.90. The van der Waals surface area contributed by atoms with E-state index in [1.165, 1.54) is 0 Å². The molecule has 0 aliphatic rings. The number of carbonyl (C=O) groups excluding carboxylic acids is 1. The summed E-state index contributed by atoms with van der Waals surface area (Å²) in [6.07, 6.45) is 3.60. The van der Waals surface area contributed by atoms with Gasteiger partial charge in [-0.05, 0) is 35.9 Å². The molecule has 0 atom stereocenters. The molecule has 0 fully saturated rings. The Balaban J connectivity index is 1.65. The number of likely N-dealkylation sites (N-methyl/N-ethyl adjacent to an activating group) is 1. The second kappa shape index (κ2) is 8.54. The number of carbonyl (C=O) groups is 1. The fourth-order valence-electron chi connectivity index (χ4n) is 2.50. The fourth-order valence-corrected chi connectivity index (χ4v) is 2.63. The molecule has 0 spiro atoms. The van der Waals surface area contributed by atoms with E-state index in [-0.39, 0.29) is 5.91 Å². The van der Waals surface area contributed by atoms with Gasteiger partial charge in [-0.2, -0.15) is 5.10 Å². The molecule has 26 heavy (non-hydrogen) atoms. The number of halogens is 1. The van der Waals surface area contributed by atoms with E-state index in [9.17, 15) is 4.79 Å². The van der Waals surface area contributed by atoms with Crippen molar-refractivity contribution < 1.29 is 9.53 Å². The van der Waals surface area contributed by atoms with Crippen molar-refractivity contribution >= 4 is 17.5 Å². The summed E-state index contributed by atoms with van der Waals surface area (Å²) in [5.41, 5.74) is 1.54. The molecule has 1 aromatic heterocycles. The zero-order valence-electron chi connectivity index (χ0n) is 14.5. The Morgan fingerprint density at radius 1 is 1.15 bits per heavy atom. The van der Waals surface area contributed by atoms with Crippen LogP contribution < -0.4 is 4.74 Å². The van der Waals surface area contributed by atoms with E-state index in [2.05, 4.69) is 5.10 Å². The fraction of sp³-hybridized carbons (Fsp3) is 0.200. The van der Waals surface area contributed by atoms with Crippen LogP contribution in [0.1, 0.15) is 15.9 Å². The van der Waals surface area contributed by atoms with Gasteiger partial charge in [0.2, 0.25) is 0 Å². The van der Waals surface area contributed by atoms with Gasteiger partial charge in [0.1, 0.15) is 12.4 Å². The van der Waals surface area contributed by atoms with Crippen molar-refractivity contribution in [1.82, 2.24) is 14.7 Å². The Morgan fingerprint density at radius 3 is 2.65 bits per heavy atom. The predicted molar refractivity (Wildman–Crippen MR) is 101 cm³/mol. The smallest absolute Gasteiger partial charge is 0.257 e. The van der Waals surface area contributed by atoms with Crippen LogP contribution in [0.5, 0.6) is 5.75 Å². The molecule has 3 aromatic rings. The number of rotatable bonds is 7. The molecule has 0 bridgehead atoms. The minimum Gasteiger partial charge on any atom is -0.488 e. The van der Waals surface area contributed by atoms with Gasteiger partial charge >= 0.3 is 0 Å². The lowest BCUT2D eigenvalue weighted by Crippen LogP contribution is -2.30. The Bertz CT molecular complexity index is 848. The Hall–Kier alpha value is -2.79. The molecule has 1 amide bonds. The van der Waals surface area contributed by atoms with Gasteiger partial charge in [0, 0.05) is 31.0 Å². The first-order chi connectivity index (χ1) is 12.6. The molecule has 0 saturated carbocycles. The SMILES string of the molecule is CN(CCn1cccn1)C(=O)c1ccccc1OCc1ccc(Cl)cc1. The minimum absolute atomic E-state index is 0.0798. The zero-order chi connectivity index (χ0) is 18.4. The van der Waals surface area contributed by atoms with Crippen LogP contribution in [-0.4, -0.2) is 34.2 Å². The van der Waals surface area contributed by atoms with Gasteiger partial charge in [-0.25, -0.2) is 0 Å². The van der Waals surface area contributed by atoms with Gasteiger partial charge in [0.15, 0.2) is 0 Å². The summed E-state index contributed by atoms with van der Waals surface area (Å²) in [6.45, 7) is 1.58. The van der Waals surface area contributed by atoms with Crippen molar-refractivity contribution in [2.75, 3.05) is 13.6 Å². The maximum absolute atomic E-state index is 12.8. The molecule has 6 heteroatoms. The van der Waals surface area contributed by atoms with Gasteiger partial charge in [-0.1, -0.05) is 35.9 Å². The zero-order valence-corrected chi connectivity index (χ0v) is 15.3. The van der Waals surface area contributed by atoms with E-state index in [0.29, 0.717) is 36.0 Å². The third-order valence-corrected chi connectivity index (χ3v) is 4.25. The van der Waals surface area contributed by atoms with E-state index < -0.39 is 0 Å². The molecule has 134 valence electrons. The van der Waals surface area contributed by atoms with Crippen molar-refractivity contribution in [3.8, 4) is 5.75 Å². The molecular formula is C20H20ClN3O2. The molecule has 3 rings (SSSR count). The van der Waals surface area contributed by atoms with E-state index in [1.54, 1.807) is 28.9 Å². The molecule has 0 radical (unpaired) electrons. The number of amides is 1. The number of hydrogen-bond donors (Lipinski definition) is 0. The Labute approximate surface area is 157 Å². The molecular weight excluding hydrogens is 350 g/mol. The highest BCUT2D eigenvalue weighted by atomic mass is 35.5. The molecule has 0 aliphatic heterocycles. The predicted octanol–water partition coefficient (Wildman–Crippen LogP) is 3.89. The van der Waals surface area contributed by atoms with Crippen LogP contribution in [0.25, 0.3) is 0 Å². The molecule has 1 heterocycles. The van der Waals surface area contributed by atoms with Gasteiger partial charge in [-0.15, -0.1) is 0 Å². The average molecular weight is 370 g/mol. The van der Waals surface area contributed by atoms with Gasteiger partial charge in [0.05, 0.1) is 12.1 Å². The number of para-hydroxylation sites is 1. The third kappa shape index (κ3) is 4.64. The molecule has 0 saturated heterocycles. The van der Waals surface area contributed by atoms with E-state index in [0.717, 1.165) is 5.56 Å². The molecule has 0 aliphatic carbocycles. The van der Waals surface area contributed by atoms with Crippen LogP contribution in [-0.2, 0) is 13.2 Å². The largest absolute Gasteiger partial charge is 0.488 e. The van der Waals surface area contributed by atoms with Gasteiger partial charge < -0.3 is 9.64 Å².